The molecular formula is C24H20ClNO5. The van der Waals surface area contributed by atoms with Crippen molar-refractivity contribution in [2.45, 2.75) is 20.3 Å². The van der Waals surface area contributed by atoms with Gasteiger partial charge < -0.3 is 18.9 Å². The van der Waals surface area contributed by atoms with Crippen LogP contribution >= 0.6 is 11.6 Å². The van der Waals surface area contributed by atoms with Crippen LogP contribution in [0.4, 0.5) is 5.69 Å². The van der Waals surface area contributed by atoms with Gasteiger partial charge in [-0.3, -0.25) is 9.59 Å². The molecule has 2 aromatic carbocycles. The smallest absolute Gasteiger partial charge is 0.262 e. The number of furan rings is 1. The van der Waals surface area contributed by atoms with Crippen molar-refractivity contribution in [2.75, 3.05) is 11.9 Å². The fourth-order valence-electron chi connectivity index (χ4n) is 3.27. The lowest BCUT2D eigenvalue weighted by Gasteiger charge is -2.12. The molecule has 0 aliphatic rings. The van der Waals surface area contributed by atoms with Crippen molar-refractivity contribution in [2.24, 2.45) is 0 Å². The summed E-state index contributed by atoms with van der Waals surface area (Å²) in [6.45, 7) is 3.45. The summed E-state index contributed by atoms with van der Waals surface area (Å²) in [5.41, 5.74) is 2.40. The van der Waals surface area contributed by atoms with E-state index in [2.05, 4.69) is 5.32 Å². The van der Waals surface area contributed by atoms with Gasteiger partial charge in [-0.1, -0.05) is 36.7 Å². The summed E-state index contributed by atoms with van der Waals surface area (Å²) in [5.74, 6) is -0.0710. The van der Waals surface area contributed by atoms with Gasteiger partial charge in [0.2, 0.25) is 16.9 Å². The molecule has 158 valence electrons. The van der Waals surface area contributed by atoms with Crippen LogP contribution in [0.2, 0.25) is 5.02 Å². The Balaban J connectivity index is 1.68. The summed E-state index contributed by atoms with van der Waals surface area (Å²) in [6, 6.07) is 14.1. The molecule has 0 unspecified atom stereocenters. The van der Waals surface area contributed by atoms with Crippen LogP contribution < -0.4 is 15.5 Å². The van der Waals surface area contributed by atoms with Crippen molar-refractivity contribution in [3.05, 3.63) is 81.2 Å². The molecule has 0 atom stereocenters. The Labute approximate surface area is 183 Å². The molecule has 0 fully saturated rings. The largest absolute Gasteiger partial charge is 0.476 e. The average Bonchev–Trinajstić information content (AvgIpc) is 3.29. The quantitative estimate of drug-likeness (QED) is 0.425. The maximum atomic E-state index is 13.2. The van der Waals surface area contributed by atoms with Crippen LogP contribution in [-0.4, -0.2) is 12.5 Å². The number of anilines is 1. The molecule has 4 rings (SSSR count). The summed E-state index contributed by atoms with van der Waals surface area (Å²) < 4.78 is 17.0. The molecule has 2 heterocycles. The van der Waals surface area contributed by atoms with E-state index in [0.29, 0.717) is 22.1 Å². The van der Waals surface area contributed by atoms with E-state index in [4.69, 9.17) is 25.2 Å². The first-order valence-electron chi connectivity index (χ1n) is 9.79. The summed E-state index contributed by atoms with van der Waals surface area (Å²) in [6.07, 6.45) is 2.24. The lowest BCUT2D eigenvalue weighted by atomic mass is 10.1. The van der Waals surface area contributed by atoms with Gasteiger partial charge in [0.25, 0.3) is 5.91 Å². The highest BCUT2D eigenvalue weighted by atomic mass is 35.5. The Bertz CT molecular complexity index is 1310. The Morgan fingerprint density at radius 1 is 1.16 bits per heavy atom. The SMILES string of the molecule is CCc1ccccc1NC(=O)COc1c(-c2ccco2)oc2cc(C)c(Cl)cc2c1=O. The van der Waals surface area contributed by atoms with Crippen molar-refractivity contribution >= 4 is 34.2 Å². The van der Waals surface area contributed by atoms with Gasteiger partial charge in [0, 0.05) is 10.7 Å². The molecule has 0 radical (unpaired) electrons. The molecule has 0 aliphatic carbocycles. The molecule has 6 nitrogen and oxygen atoms in total. The lowest BCUT2D eigenvalue weighted by molar-refractivity contribution is -0.118. The minimum atomic E-state index is -0.434. The molecule has 31 heavy (non-hydrogen) atoms. The van der Waals surface area contributed by atoms with Gasteiger partial charge in [0.1, 0.15) is 5.58 Å². The molecule has 7 heteroatoms. The number of halogens is 1. The van der Waals surface area contributed by atoms with E-state index in [1.54, 1.807) is 18.2 Å². The van der Waals surface area contributed by atoms with Crippen LogP contribution in [0.15, 0.2) is 68.4 Å². The summed E-state index contributed by atoms with van der Waals surface area (Å²) in [5, 5.41) is 3.52. The average molecular weight is 438 g/mol. The van der Waals surface area contributed by atoms with Crippen molar-refractivity contribution < 1.29 is 18.4 Å². The zero-order valence-electron chi connectivity index (χ0n) is 17.0. The van der Waals surface area contributed by atoms with E-state index >= 15 is 0 Å². The molecule has 0 saturated carbocycles. The van der Waals surface area contributed by atoms with Crippen molar-refractivity contribution in [3.63, 3.8) is 0 Å². The number of para-hydroxylation sites is 1. The van der Waals surface area contributed by atoms with E-state index in [1.807, 2.05) is 38.1 Å². The fraction of sp³-hybridized carbons (Fsp3) is 0.167. The highest BCUT2D eigenvalue weighted by Crippen LogP contribution is 2.33. The normalized spacial score (nSPS) is 10.9. The predicted octanol–water partition coefficient (Wildman–Crippen LogP) is 5.59. The number of ether oxygens (including phenoxy) is 1. The number of amides is 1. The minimum absolute atomic E-state index is 0.110. The number of benzene rings is 2. The van der Waals surface area contributed by atoms with Crippen LogP contribution in [0.5, 0.6) is 5.75 Å². The molecular weight excluding hydrogens is 418 g/mol. The zero-order chi connectivity index (χ0) is 22.0. The van der Waals surface area contributed by atoms with Gasteiger partial charge in [0.05, 0.1) is 11.6 Å². The highest BCUT2D eigenvalue weighted by molar-refractivity contribution is 6.32. The standard InChI is InChI=1S/C24H20ClNO5/c1-3-15-7-4-5-8-18(15)26-21(27)13-30-24-22(28)16-12-17(25)14(2)11-20(16)31-23(24)19-9-6-10-29-19/h4-12H,3,13H2,1-2H3,(H,26,27). The number of carbonyl (C=O) groups excluding carboxylic acids is 1. The fourth-order valence-corrected chi connectivity index (χ4v) is 3.44. The van der Waals surface area contributed by atoms with Gasteiger partial charge in [-0.2, -0.15) is 0 Å². The van der Waals surface area contributed by atoms with Crippen molar-refractivity contribution in [3.8, 4) is 17.3 Å². The molecule has 4 aromatic rings. The third-order valence-corrected chi connectivity index (χ3v) is 5.30. The van der Waals surface area contributed by atoms with Gasteiger partial charge in [-0.15, -0.1) is 0 Å². The second kappa shape index (κ2) is 8.70. The number of aryl methyl sites for hydroxylation is 2. The minimum Gasteiger partial charge on any atom is -0.476 e. The molecule has 0 bridgehead atoms. The summed E-state index contributed by atoms with van der Waals surface area (Å²) in [7, 11) is 0. The summed E-state index contributed by atoms with van der Waals surface area (Å²) >= 11 is 6.19. The molecule has 0 aliphatic heterocycles. The third kappa shape index (κ3) is 4.20. The number of fused-ring (bicyclic) bond motifs is 1. The zero-order valence-corrected chi connectivity index (χ0v) is 17.8. The highest BCUT2D eigenvalue weighted by Gasteiger charge is 2.21. The number of hydrogen-bond acceptors (Lipinski definition) is 5. The van der Waals surface area contributed by atoms with Gasteiger partial charge in [-0.05, 0) is 54.8 Å². The second-order valence-corrected chi connectivity index (χ2v) is 7.42. The van der Waals surface area contributed by atoms with E-state index in [-0.39, 0.29) is 23.5 Å². The van der Waals surface area contributed by atoms with Gasteiger partial charge in [-0.25, -0.2) is 0 Å². The predicted molar refractivity (Wildman–Crippen MR) is 120 cm³/mol. The van der Waals surface area contributed by atoms with Gasteiger partial charge >= 0.3 is 0 Å². The Morgan fingerprint density at radius 3 is 2.71 bits per heavy atom. The third-order valence-electron chi connectivity index (χ3n) is 4.89. The second-order valence-electron chi connectivity index (χ2n) is 7.01. The molecule has 2 aromatic heterocycles. The number of carbonyl (C=O) groups is 1. The van der Waals surface area contributed by atoms with Gasteiger partial charge in [0.15, 0.2) is 12.4 Å². The summed E-state index contributed by atoms with van der Waals surface area (Å²) in [4.78, 5) is 25.7. The van der Waals surface area contributed by atoms with E-state index < -0.39 is 11.3 Å². The van der Waals surface area contributed by atoms with E-state index in [1.165, 1.54) is 12.3 Å². The first-order chi connectivity index (χ1) is 15.0. The molecule has 0 saturated heterocycles. The maximum absolute atomic E-state index is 13.2. The Morgan fingerprint density at radius 2 is 1.97 bits per heavy atom. The maximum Gasteiger partial charge on any atom is 0.262 e. The lowest BCUT2D eigenvalue weighted by Crippen LogP contribution is -2.23. The number of rotatable bonds is 6. The van der Waals surface area contributed by atoms with Crippen molar-refractivity contribution in [1.29, 1.82) is 0 Å². The van der Waals surface area contributed by atoms with Crippen LogP contribution in [0, 0.1) is 6.92 Å². The van der Waals surface area contributed by atoms with Crippen LogP contribution in [0.25, 0.3) is 22.5 Å². The first kappa shape index (κ1) is 20.8. The van der Waals surface area contributed by atoms with E-state index in [0.717, 1.165) is 17.5 Å². The monoisotopic (exact) mass is 437 g/mol. The Hall–Kier alpha value is -3.51. The topological polar surface area (TPSA) is 81.7 Å². The molecule has 1 N–H and O–H groups in total. The first-order valence-corrected chi connectivity index (χ1v) is 10.2. The number of hydrogen-bond donors (Lipinski definition) is 1. The van der Waals surface area contributed by atoms with Crippen LogP contribution in [0.3, 0.4) is 0 Å². The van der Waals surface area contributed by atoms with E-state index in [9.17, 15) is 9.59 Å². The molecule has 1 amide bonds. The number of nitrogens with one attached hydrogen (secondary N) is 1. The Kier molecular flexibility index (Phi) is 5.82. The van der Waals surface area contributed by atoms with Crippen molar-refractivity contribution in [1.82, 2.24) is 0 Å². The van der Waals surface area contributed by atoms with Crippen LogP contribution in [0.1, 0.15) is 18.1 Å². The molecule has 0 spiro atoms. The van der Waals surface area contributed by atoms with Crippen LogP contribution in [-0.2, 0) is 11.2 Å².